The van der Waals surface area contributed by atoms with E-state index in [2.05, 4.69) is 10.2 Å². The highest BCUT2D eigenvalue weighted by atomic mass is 16.7. The Kier molecular flexibility index (Phi) is 5.30. The Bertz CT molecular complexity index is 1080. The molecule has 4 rings (SSSR count). The van der Waals surface area contributed by atoms with Gasteiger partial charge in [-0.25, -0.2) is 0 Å². The van der Waals surface area contributed by atoms with Crippen LogP contribution < -0.4 is 0 Å². The number of rotatable bonds is 7. The van der Waals surface area contributed by atoms with E-state index in [1.165, 1.54) is 26.4 Å². The average Bonchev–Trinajstić information content (AvgIpc) is 3.31. The van der Waals surface area contributed by atoms with Crippen LogP contribution in [-0.2, 0) is 9.47 Å². The van der Waals surface area contributed by atoms with Crippen molar-refractivity contribution in [1.82, 2.24) is 15.1 Å². The third-order valence-electron chi connectivity index (χ3n) is 5.18. The lowest BCUT2D eigenvalue weighted by molar-refractivity contribution is -0.384. The third-order valence-corrected chi connectivity index (χ3v) is 5.18. The standard InChI is InChI=1S/C21H20N4O5/c1-29-16(30-2)12-24-20(13-7-4-3-5-8-13)17-18(22-23-19(17)21(24)26)14-9-6-10-15(11-14)25(27)28/h3-11,16,20H,12H2,1-2H3,(H,22,23). The van der Waals surface area contributed by atoms with Crippen LogP contribution in [0.2, 0.25) is 0 Å². The maximum absolute atomic E-state index is 13.2. The van der Waals surface area contributed by atoms with E-state index in [-0.39, 0.29) is 18.1 Å². The summed E-state index contributed by atoms with van der Waals surface area (Å²) < 4.78 is 10.6. The van der Waals surface area contributed by atoms with Gasteiger partial charge >= 0.3 is 0 Å². The Morgan fingerprint density at radius 3 is 2.57 bits per heavy atom. The van der Waals surface area contributed by atoms with E-state index in [9.17, 15) is 14.9 Å². The quantitative estimate of drug-likeness (QED) is 0.365. The first kappa shape index (κ1) is 19.7. The number of amides is 1. The molecule has 1 aromatic heterocycles. The smallest absolute Gasteiger partial charge is 0.273 e. The predicted octanol–water partition coefficient (Wildman–Crippen LogP) is 3.15. The maximum atomic E-state index is 13.2. The number of nitro benzene ring substituents is 1. The number of hydrogen-bond donors (Lipinski definition) is 1. The molecule has 9 nitrogen and oxygen atoms in total. The second-order valence-corrected chi connectivity index (χ2v) is 6.84. The number of aromatic nitrogens is 2. The number of non-ortho nitro benzene ring substituents is 1. The molecule has 0 saturated carbocycles. The molecule has 1 unspecified atom stereocenters. The van der Waals surface area contributed by atoms with Gasteiger partial charge < -0.3 is 14.4 Å². The van der Waals surface area contributed by atoms with Crippen LogP contribution in [0.3, 0.4) is 0 Å². The summed E-state index contributed by atoms with van der Waals surface area (Å²) in [7, 11) is 3.03. The first-order valence-corrected chi connectivity index (χ1v) is 9.29. The molecule has 1 aliphatic heterocycles. The summed E-state index contributed by atoms with van der Waals surface area (Å²) in [6.07, 6.45) is -0.599. The van der Waals surface area contributed by atoms with Crippen LogP contribution in [0.25, 0.3) is 11.3 Å². The van der Waals surface area contributed by atoms with Crippen molar-refractivity contribution in [3.8, 4) is 11.3 Å². The summed E-state index contributed by atoms with van der Waals surface area (Å²) in [5.74, 6) is -0.234. The van der Waals surface area contributed by atoms with Crippen LogP contribution in [0.4, 0.5) is 5.69 Å². The summed E-state index contributed by atoms with van der Waals surface area (Å²) in [4.78, 5) is 25.6. The van der Waals surface area contributed by atoms with Crippen molar-refractivity contribution in [3.05, 3.63) is 81.5 Å². The van der Waals surface area contributed by atoms with Gasteiger partial charge in [0, 0.05) is 37.5 Å². The zero-order valence-corrected chi connectivity index (χ0v) is 16.4. The summed E-state index contributed by atoms with van der Waals surface area (Å²) in [5.41, 5.74) is 2.95. The number of fused-ring (bicyclic) bond motifs is 1. The highest BCUT2D eigenvalue weighted by Crippen LogP contribution is 2.43. The summed E-state index contributed by atoms with van der Waals surface area (Å²) in [5, 5.41) is 18.4. The second-order valence-electron chi connectivity index (χ2n) is 6.84. The number of nitro groups is 1. The fraction of sp³-hybridized carbons (Fsp3) is 0.238. The number of carbonyl (C=O) groups excluding carboxylic acids is 1. The number of methoxy groups -OCH3 is 2. The predicted molar refractivity (Wildman–Crippen MR) is 108 cm³/mol. The lowest BCUT2D eigenvalue weighted by Crippen LogP contribution is -2.38. The average molecular weight is 408 g/mol. The van der Waals surface area contributed by atoms with Gasteiger partial charge in [-0.1, -0.05) is 42.5 Å². The van der Waals surface area contributed by atoms with Gasteiger partial charge in [0.15, 0.2) is 6.29 Å². The lowest BCUT2D eigenvalue weighted by Gasteiger charge is -2.29. The monoisotopic (exact) mass is 408 g/mol. The molecule has 0 aliphatic carbocycles. The van der Waals surface area contributed by atoms with E-state index < -0.39 is 17.3 Å². The zero-order valence-electron chi connectivity index (χ0n) is 16.4. The SMILES string of the molecule is COC(CN1C(=O)c2[nH]nc(-c3cccc([N+](=O)[O-])c3)c2C1c1ccccc1)OC. The minimum absolute atomic E-state index is 0.0412. The summed E-state index contributed by atoms with van der Waals surface area (Å²) >= 11 is 0. The molecule has 2 aromatic carbocycles. The number of nitrogens with one attached hydrogen (secondary N) is 1. The van der Waals surface area contributed by atoms with E-state index in [1.807, 2.05) is 30.3 Å². The van der Waals surface area contributed by atoms with Crippen molar-refractivity contribution in [1.29, 1.82) is 0 Å². The Morgan fingerprint density at radius 2 is 1.90 bits per heavy atom. The fourth-order valence-electron chi connectivity index (χ4n) is 3.76. The molecular weight excluding hydrogens is 388 g/mol. The minimum Gasteiger partial charge on any atom is -0.354 e. The number of hydrogen-bond acceptors (Lipinski definition) is 6. The van der Waals surface area contributed by atoms with Gasteiger partial charge in [-0.2, -0.15) is 5.10 Å². The molecule has 9 heteroatoms. The molecule has 0 fully saturated rings. The van der Waals surface area contributed by atoms with Gasteiger partial charge in [-0.15, -0.1) is 0 Å². The van der Waals surface area contributed by atoms with Crippen molar-refractivity contribution < 1.29 is 19.2 Å². The van der Waals surface area contributed by atoms with Crippen LogP contribution in [0.1, 0.15) is 27.7 Å². The van der Waals surface area contributed by atoms with Crippen LogP contribution >= 0.6 is 0 Å². The number of ether oxygens (including phenoxy) is 2. The Labute approximate surface area is 172 Å². The molecule has 1 aliphatic rings. The fourth-order valence-corrected chi connectivity index (χ4v) is 3.76. The first-order chi connectivity index (χ1) is 14.5. The molecule has 1 atom stereocenters. The van der Waals surface area contributed by atoms with Crippen LogP contribution in [0, 0.1) is 10.1 Å². The van der Waals surface area contributed by atoms with Crippen LogP contribution in [0.5, 0.6) is 0 Å². The third kappa shape index (κ3) is 3.34. The lowest BCUT2D eigenvalue weighted by atomic mass is 9.96. The Balaban J connectivity index is 1.85. The van der Waals surface area contributed by atoms with Gasteiger partial charge in [0.2, 0.25) is 0 Å². The second kappa shape index (κ2) is 8.05. The van der Waals surface area contributed by atoms with Gasteiger partial charge in [0.25, 0.3) is 11.6 Å². The van der Waals surface area contributed by atoms with Gasteiger partial charge in [-0.05, 0) is 5.56 Å². The number of aromatic amines is 1. The first-order valence-electron chi connectivity index (χ1n) is 9.29. The molecule has 154 valence electrons. The van der Waals surface area contributed by atoms with Crippen molar-refractivity contribution in [2.45, 2.75) is 12.3 Å². The molecule has 1 N–H and O–H groups in total. The Morgan fingerprint density at radius 1 is 1.17 bits per heavy atom. The minimum atomic E-state index is -0.599. The van der Waals surface area contributed by atoms with Gasteiger partial charge in [0.05, 0.1) is 23.2 Å². The molecule has 2 heterocycles. The number of carbonyl (C=O) groups is 1. The van der Waals surface area contributed by atoms with Crippen molar-refractivity contribution in [3.63, 3.8) is 0 Å². The van der Waals surface area contributed by atoms with Crippen molar-refractivity contribution >= 4 is 11.6 Å². The van der Waals surface area contributed by atoms with E-state index >= 15 is 0 Å². The zero-order chi connectivity index (χ0) is 21.3. The normalized spacial score (nSPS) is 15.6. The van der Waals surface area contributed by atoms with Crippen molar-refractivity contribution in [2.24, 2.45) is 0 Å². The van der Waals surface area contributed by atoms with Gasteiger partial charge in [-0.3, -0.25) is 20.0 Å². The van der Waals surface area contributed by atoms with Gasteiger partial charge in [0.1, 0.15) is 5.69 Å². The van der Waals surface area contributed by atoms with E-state index in [0.717, 1.165) is 5.56 Å². The summed E-state index contributed by atoms with van der Waals surface area (Å²) in [6, 6.07) is 15.3. The van der Waals surface area contributed by atoms with Crippen LogP contribution in [-0.4, -0.2) is 53.0 Å². The van der Waals surface area contributed by atoms with E-state index in [0.29, 0.717) is 22.5 Å². The molecule has 0 saturated heterocycles. The maximum Gasteiger partial charge on any atom is 0.273 e. The van der Waals surface area contributed by atoms with E-state index in [4.69, 9.17) is 9.47 Å². The molecule has 0 bridgehead atoms. The molecule has 1 amide bonds. The molecule has 30 heavy (non-hydrogen) atoms. The number of nitrogens with zero attached hydrogens (tertiary/aromatic N) is 3. The van der Waals surface area contributed by atoms with E-state index in [1.54, 1.807) is 17.0 Å². The number of H-pyrrole nitrogens is 1. The topological polar surface area (TPSA) is 111 Å². The molecular formula is C21H20N4O5. The van der Waals surface area contributed by atoms with Crippen molar-refractivity contribution in [2.75, 3.05) is 20.8 Å². The molecule has 0 radical (unpaired) electrons. The largest absolute Gasteiger partial charge is 0.354 e. The highest BCUT2D eigenvalue weighted by molar-refractivity contribution is 6.00. The molecule has 0 spiro atoms. The van der Waals surface area contributed by atoms with Crippen LogP contribution in [0.15, 0.2) is 54.6 Å². The highest BCUT2D eigenvalue weighted by Gasteiger charge is 2.43. The number of benzene rings is 2. The Hall–Kier alpha value is -3.56. The summed E-state index contributed by atoms with van der Waals surface area (Å²) in [6.45, 7) is 0.211. The molecule has 3 aromatic rings.